The SMILES string of the molecule is CNC(CCSC)c1ccc2c(c1)OCCO2. The van der Waals surface area contributed by atoms with Crippen LogP contribution in [0.3, 0.4) is 0 Å². The minimum atomic E-state index is 0.387. The third-order valence-electron chi connectivity index (χ3n) is 2.93. The molecule has 0 radical (unpaired) electrons. The van der Waals surface area contributed by atoms with Gasteiger partial charge >= 0.3 is 0 Å². The molecule has 0 amide bonds. The number of thioether (sulfide) groups is 1. The fraction of sp³-hybridized carbons (Fsp3) is 0.538. The van der Waals surface area contributed by atoms with Gasteiger partial charge < -0.3 is 14.8 Å². The van der Waals surface area contributed by atoms with E-state index in [2.05, 4.69) is 23.7 Å². The molecule has 1 heterocycles. The molecule has 1 aliphatic rings. The van der Waals surface area contributed by atoms with Crippen molar-refractivity contribution in [3.63, 3.8) is 0 Å². The molecule has 0 saturated carbocycles. The highest BCUT2D eigenvalue weighted by atomic mass is 32.2. The lowest BCUT2D eigenvalue weighted by Crippen LogP contribution is -2.19. The average Bonchev–Trinajstić information content (AvgIpc) is 2.39. The number of hydrogen-bond acceptors (Lipinski definition) is 4. The van der Waals surface area contributed by atoms with Crippen molar-refractivity contribution in [2.45, 2.75) is 12.5 Å². The molecule has 1 aliphatic heterocycles. The largest absolute Gasteiger partial charge is 0.486 e. The lowest BCUT2D eigenvalue weighted by atomic mass is 10.0. The van der Waals surface area contributed by atoms with Crippen LogP contribution < -0.4 is 14.8 Å². The van der Waals surface area contributed by atoms with E-state index in [0.717, 1.165) is 23.7 Å². The molecule has 1 aromatic carbocycles. The molecule has 0 aromatic heterocycles. The van der Waals surface area contributed by atoms with Crippen molar-refractivity contribution in [3.8, 4) is 11.5 Å². The number of rotatable bonds is 5. The van der Waals surface area contributed by atoms with Crippen molar-refractivity contribution in [1.29, 1.82) is 0 Å². The Hall–Kier alpha value is -0.870. The summed E-state index contributed by atoms with van der Waals surface area (Å²) in [6.45, 7) is 1.29. The number of hydrogen-bond donors (Lipinski definition) is 1. The van der Waals surface area contributed by atoms with Gasteiger partial charge in [-0.1, -0.05) is 6.07 Å². The summed E-state index contributed by atoms with van der Waals surface area (Å²) < 4.78 is 11.1. The molecule has 1 N–H and O–H groups in total. The van der Waals surface area contributed by atoms with E-state index in [-0.39, 0.29) is 0 Å². The lowest BCUT2D eigenvalue weighted by molar-refractivity contribution is 0.171. The zero-order valence-corrected chi connectivity index (χ0v) is 11.2. The molecule has 3 nitrogen and oxygen atoms in total. The van der Waals surface area contributed by atoms with Gasteiger partial charge in [-0.05, 0) is 43.2 Å². The maximum Gasteiger partial charge on any atom is 0.161 e. The summed E-state index contributed by atoms with van der Waals surface area (Å²) in [4.78, 5) is 0. The molecule has 0 saturated heterocycles. The molecule has 2 rings (SSSR count). The van der Waals surface area contributed by atoms with Gasteiger partial charge in [0.25, 0.3) is 0 Å². The Kier molecular flexibility index (Phi) is 4.57. The summed E-state index contributed by atoms with van der Waals surface area (Å²) in [5.74, 6) is 2.89. The number of ether oxygens (including phenoxy) is 2. The van der Waals surface area contributed by atoms with E-state index in [4.69, 9.17) is 9.47 Å². The Labute approximate surface area is 107 Å². The normalized spacial score (nSPS) is 15.6. The van der Waals surface area contributed by atoms with E-state index in [9.17, 15) is 0 Å². The van der Waals surface area contributed by atoms with Gasteiger partial charge in [0.2, 0.25) is 0 Å². The third-order valence-corrected chi connectivity index (χ3v) is 3.57. The van der Waals surface area contributed by atoms with Gasteiger partial charge in [0, 0.05) is 6.04 Å². The minimum absolute atomic E-state index is 0.387. The molecule has 4 heteroatoms. The van der Waals surface area contributed by atoms with Crippen LogP contribution in [0.2, 0.25) is 0 Å². The third kappa shape index (κ3) is 3.07. The first-order valence-corrected chi connectivity index (χ1v) is 7.30. The van der Waals surface area contributed by atoms with Crippen molar-refractivity contribution in [1.82, 2.24) is 5.32 Å². The second-order valence-electron chi connectivity index (χ2n) is 4.03. The first-order chi connectivity index (χ1) is 8.35. The fourth-order valence-electron chi connectivity index (χ4n) is 1.99. The second-order valence-corrected chi connectivity index (χ2v) is 5.01. The van der Waals surface area contributed by atoms with E-state index >= 15 is 0 Å². The van der Waals surface area contributed by atoms with E-state index in [1.165, 1.54) is 5.56 Å². The first-order valence-electron chi connectivity index (χ1n) is 5.91. The summed E-state index contributed by atoms with van der Waals surface area (Å²) in [6, 6.07) is 6.61. The standard InChI is InChI=1S/C13H19NO2S/c1-14-11(5-8-17-2)10-3-4-12-13(9-10)16-7-6-15-12/h3-4,9,11,14H,5-8H2,1-2H3. The molecule has 0 bridgehead atoms. The fourth-order valence-corrected chi connectivity index (χ4v) is 2.46. The van der Waals surface area contributed by atoms with Gasteiger partial charge in [0.05, 0.1) is 0 Å². The Balaban J connectivity index is 2.13. The van der Waals surface area contributed by atoms with E-state index < -0.39 is 0 Å². The topological polar surface area (TPSA) is 30.5 Å². The average molecular weight is 253 g/mol. The van der Waals surface area contributed by atoms with Crippen LogP contribution in [0, 0.1) is 0 Å². The highest BCUT2D eigenvalue weighted by Crippen LogP contribution is 2.33. The highest BCUT2D eigenvalue weighted by molar-refractivity contribution is 7.98. The molecular formula is C13H19NO2S. The van der Waals surface area contributed by atoms with Crippen LogP contribution in [-0.2, 0) is 0 Å². The quantitative estimate of drug-likeness (QED) is 0.873. The van der Waals surface area contributed by atoms with Gasteiger partial charge in [-0.25, -0.2) is 0 Å². The molecular weight excluding hydrogens is 234 g/mol. The summed E-state index contributed by atoms with van der Waals surface area (Å²) in [5, 5.41) is 3.35. The van der Waals surface area contributed by atoms with Crippen molar-refractivity contribution in [3.05, 3.63) is 23.8 Å². The maximum atomic E-state index is 5.61. The summed E-state index contributed by atoms with van der Waals surface area (Å²) in [5.41, 5.74) is 1.27. The number of nitrogens with one attached hydrogen (secondary N) is 1. The van der Waals surface area contributed by atoms with Crippen LogP contribution in [-0.4, -0.2) is 32.3 Å². The zero-order valence-electron chi connectivity index (χ0n) is 10.4. The molecule has 0 fully saturated rings. The van der Waals surface area contributed by atoms with Crippen LogP contribution in [0.25, 0.3) is 0 Å². The van der Waals surface area contributed by atoms with Crippen LogP contribution in [0.4, 0.5) is 0 Å². The monoisotopic (exact) mass is 253 g/mol. The number of fused-ring (bicyclic) bond motifs is 1. The Morgan fingerprint density at radius 2 is 2.06 bits per heavy atom. The van der Waals surface area contributed by atoms with Crippen molar-refractivity contribution >= 4 is 11.8 Å². The van der Waals surface area contributed by atoms with E-state index in [0.29, 0.717) is 19.3 Å². The Bertz CT molecular complexity index is 370. The number of benzene rings is 1. The predicted octanol–water partition coefficient (Wildman–Crippen LogP) is 2.47. The summed E-state index contributed by atoms with van der Waals surface area (Å²) in [6.07, 6.45) is 3.26. The lowest BCUT2D eigenvalue weighted by Gasteiger charge is -2.22. The van der Waals surface area contributed by atoms with Gasteiger partial charge in [0.15, 0.2) is 11.5 Å². The second kappa shape index (κ2) is 6.17. The minimum Gasteiger partial charge on any atom is -0.486 e. The smallest absolute Gasteiger partial charge is 0.161 e. The molecule has 1 unspecified atom stereocenters. The van der Waals surface area contributed by atoms with Crippen LogP contribution in [0.1, 0.15) is 18.0 Å². The molecule has 94 valence electrons. The van der Waals surface area contributed by atoms with Crippen molar-refractivity contribution < 1.29 is 9.47 Å². The zero-order chi connectivity index (χ0) is 12.1. The van der Waals surface area contributed by atoms with Gasteiger partial charge in [-0.3, -0.25) is 0 Å². The Morgan fingerprint density at radius 1 is 1.29 bits per heavy atom. The first kappa shape index (κ1) is 12.6. The summed E-state index contributed by atoms with van der Waals surface area (Å²) in [7, 11) is 2.00. The van der Waals surface area contributed by atoms with Gasteiger partial charge in [-0.15, -0.1) is 0 Å². The van der Waals surface area contributed by atoms with Crippen molar-refractivity contribution in [2.24, 2.45) is 0 Å². The van der Waals surface area contributed by atoms with E-state index in [1.54, 1.807) is 0 Å². The maximum absolute atomic E-state index is 5.61. The highest BCUT2D eigenvalue weighted by Gasteiger charge is 2.15. The predicted molar refractivity (Wildman–Crippen MR) is 72.2 cm³/mol. The molecule has 17 heavy (non-hydrogen) atoms. The van der Waals surface area contributed by atoms with E-state index in [1.807, 2.05) is 24.9 Å². The van der Waals surface area contributed by atoms with Crippen LogP contribution in [0.15, 0.2) is 18.2 Å². The van der Waals surface area contributed by atoms with Crippen molar-refractivity contribution in [2.75, 3.05) is 32.3 Å². The summed E-state index contributed by atoms with van der Waals surface area (Å²) >= 11 is 1.87. The molecule has 1 aromatic rings. The van der Waals surface area contributed by atoms with Gasteiger partial charge in [0.1, 0.15) is 13.2 Å². The van der Waals surface area contributed by atoms with Crippen LogP contribution >= 0.6 is 11.8 Å². The van der Waals surface area contributed by atoms with Crippen LogP contribution in [0.5, 0.6) is 11.5 Å². The molecule has 0 aliphatic carbocycles. The van der Waals surface area contributed by atoms with Gasteiger partial charge in [-0.2, -0.15) is 11.8 Å². The molecule has 0 spiro atoms. The Morgan fingerprint density at radius 3 is 2.76 bits per heavy atom. The molecule has 1 atom stereocenters.